The lowest BCUT2D eigenvalue weighted by atomic mass is 10.2. The molecular weight excluding hydrogens is 318 g/mol. The highest BCUT2D eigenvalue weighted by molar-refractivity contribution is 7.98. The summed E-state index contributed by atoms with van der Waals surface area (Å²) in [6, 6.07) is 16.7. The largest absolute Gasteiger partial charge is 0.472 e. The van der Waals surface area contributed by atoms with Gasteiger partial charge in [0, 0.05) is 36.0 Å². The van der Waals surface area contributed by atoms with Gasteiger partial charge in [0.15, 0.2) is 6.20 Å². The molecule has 0 amide bonds. The Hall–Kier alpha value is -2.53. The Labute approximate surface area is 146 Å². The Morgan fingerprint density at radius 1 is 1.12 bits per heavy atom. The zero-order chi connectivity index (χ0) is 16.9. The summed E-state index contributed by atoms with van der Waals surface area (Å²) in [6.07, 6.45) is 5.15. The molecule has 0 saturated heterocycles. The Bertz CT molecular complexity index is 825. The molecule has 5 heteroatoms. The van der Waals surface area contributed by atoms with E-state index in [0.717, 1.165) is 11.3 Å². The molecule has 1 N–H and O–H groups in total. The number of anilines is 1. The van der Waals surface area contributed by atoms with E-state index < -0.39 is 0 Å². The van der Waals surface area contributed by atoms with E-state index in [-0.39, 0.29) is 5.88 Å². The molecular formula is C19H20N3OS+. The van der Waals surface area contributed by atoms with Crippen molar-refractivity contribution >= 4 is 30.0 Å². The molecule has 0 radical (unpaired) electrons. The van der Waals surface area contributed by atoms with Crippen LogP contribution in [0.25, 0.3) is 0 Å². The highest BCUT2D eigenvalue weighted by Crippen LogP contribution is 2.29. The number of aliphatic hydroxyl groups is 1. The van der Waals surface area contributed by atoms with Gasteiger partial charge in [-0.1, -0.05) is 36.4 Å². The minimum atomic E-state index is 0.0243. The van der Waals surface area contributed by atoms with Gasteiger partial charge in [0.1, 0.15) is 6.21 Å². The Morgan fingerprint density at radius 2 is 1.88 bits per heavy atom. The third-order valence-electron chi connectivity index (χ3n) is 3.65. The average molecular weight is 338 g/mol. The summed E-state index contributed by atoms with van der Waals surface area (Å²) in [4.78, 5) is 7.18. The molecule has 4 nitrogen and oxygen atoms in total. The Balaban J connectivity index is 1.81. The van der Waals surface area contributed by atoms with E-state index in [1.807, 2.05) is 18.3 Å². The van der Waals surface area contributed by atoms with E-state index in [2.05, 4.69) is 60.4 Å². The SMILES string of the molecule is CN(C)c1ccccc1CSc1ccccc1C=[N+]1C=NC(O)=C1. The van der Waals surface area contributed by atoms with Crippen molar-refractivity contribution in [3.63, 3.8) is 0 Å². The van der Waals surface area contributed by atoms with Gasteiger partial charge in [0.2, 0.25) is 0 Å². The fraction of sp³-hybridized carbons (Fsp3) is 0.158. The van der Waals surface area contributed by atoms with Crippen LogP contribution in [0, 0.1) is 0 Å². The van der Waals surface area contributed by atoms with E-state index in [9.17, 15) is 5.11 Å². The maximum absolute atomic E-state index is 9.37. The van der Waals surface area contributed by atoms with Crippen LogP contribution in [0.2, 0.25) is 0 Å². The number of hydrogen-bond donors (Lipinski definition) is 1. The van der Waals surface area contributed by atoms with Crippen LogP contribution in [0.3, 0.4) is 0 Å². The fourth-order valence-corrected chi connectivity index (χ4v) is 3.52. The highest BCUT2D eigenvalue weighted by Gasteiger charge is 2.12. The van der Waals surface area contributed by atoms with Gasteiger partial charge in [-0.3, -0.25) is 0 Å². The zero-order valence-corrected chi connectivity index (χ0v) is 14.6. The van der Waals surface area contributed by atoms with E-state index in [1.54, 1.807) is 28.9 Å². The number of rotatable bonds is 5. The molecule has 2 aromatic rings. The molecule has 0 unspecified atom stereocenters. The predicted molar refractivity (Wildman–Crippen MR) is 101 cm³/mol. The molecule has 122 valence electrons. The zero-order valence-electron chi connectivity index (χ0n) is 13.8. The minimum absolute atomic E-state index is 0.0243. The Morgan fingerprint density at radius 3 is 2.62 bits per heavy atom. The van der Waals surface area contributed by atoms with Gasteiger partial charge in [0.25, 0.3) is 6.34 Å². The number of nitrogens with zero attached hydrogens (tertiary/aromatic N) is 3. The standard InChI is InChI=1S/C19H19N3OS/c1-21(2)17-9-5-3-8-16(17)13-24-18-10-6-4-7-15(18)11-22-12-19(23)20-14-22/h3-12,14H,13H2,1-2H3/p+1. The molecule has 1 aliphatic rings. The van der Waals surface area contributed by atoms with Crippen LogP contribution in [-0.2, 0) is 5.75 Å². The van der Waals surface area contributed by atoms with Crippen LogP contribution < -0.4 is 4.90 Å². The number of para-hydroxylation sites is 1. The van der Waals surface area contributed by atoms with Crippen molar-refractivity contribution in [2.75, 3.05) is 19.0 Å². The summed E-state index contributed by atoms with van der Waals surface area (Å²) >= 11 is 1.80. The number of benzene rings is 2. The summed E-state index contributed by atoms with van der Waals surface area (Å²) < 4.78 is 1.77. The molecule has 0 aliphatic carbocycles. The summed E-state index contributed by atoms with van der Waals surface area (Å²) in [5.74, 6) is 0.922. The van der Waals surface area contributed by atoms with Crippen LogP contribution in [0.5, 0.6) is 0 Å². The Kier molecular flexibility index (Phi) is 5.01. The fourth-order valence-electron chi connectivity index (χ4n) is 2.50. The summed E-state index contributed by atoms with van der Waals surface area (Å²) in [7, 11) is 4.13. The quantitative estimate of drug-likeness (QED) is 0.664. The van der Waals surface area contributed by atoms with Crippen LogP contribution >= 0.6 is 11.8 Å². The maximum Gasteiger partial charge on any atom is 0.365 e. The molecule has 0 spiro atoms. The molecule has 0 aromatic heterocycles. The van der Waals surface area contributed by atoms with Crippen LogP contribution in [-0.4, -0.2) is 36.3 Å². The lowest BCUT2D eigenvalue weighted by Crippen LogP contribution is -2.10. The van der Waals surface area contributed by atoms with Crippen molar-refractivity contribution in [2.45, 2.75) is 10.6 Å². The van der Waals surface area contributed by atoms with Crippen molar-refractivity contribution in [2.24, 2.45) is 4.99 Å². The third-order valence-corrected chi connectivity index (χ3v) is 4.79. The summed E-state index contributed by atoms with van der Waals surface area (Å²) in [6.45, 7) is 0. The van der Waals surface area contributed by atoms with Crippen molar-refractivity contribution in [3.8, 4) is 0 Å². The molecule has 2 aromatic carbocycles. The van der Waals surface area contributed by atoms with E-state index in [0.29, 0.717) is 0 Å². The summed E-state index contributed by atoms with van der Waals surface area (Å²) in [5, 5.41) is 9.37. The van der Waals surface area contributed by atoms with Crippen molar-refractivity contribution < 1.29 is 9.68 Å². The molecule has 0 fully saturated rings. The number of aliphatic imine (C=N–C) groups is 1. The minimum Gasteiger partial charge on any atom is -0.472 e. The topological polar surface area (TPSA) is 38.8 Å². The second kappa shape index (κ2) is 7.36. The van der Waals surface area contributed by atoms with Gasteiger partial charge in [0.05, 0.1) is 0 Å². The van der Waals surface area contributed by atoms with Gasteiger partial charge >= 0.3 is 5.88 Å². The van der Waals surface area contributed by atoms with E-state index in [1.165, 1.54) is 16.1 Å². The first-order chi connectivity index (χ1) is 11.6. The lowest BCUT2D eigenvalue weighted by Gasteiger charge is -2.17. The second-order valence-electron chi connectivity index (χ2n) is 5.66. The van der Waals surface area contributed by atoms with Crippen molar-refractivity contribution in [3.05, 3.63) is 71.7 Å². The molecule has 1 heterocycles. The smallest absolute Gasteiger partial charge is 0.365 e. The number of thioether (sulfide) groups is 1. The van der Waals surface area contributed by atoms with Crippen LogP contribution in [0.1, 0.15) is 11.1 Å². The lowest BCUT2D eigenvalue weighted by molar-refractivity contribution is -0.304. The molecule has 3 rings (SSSR count). The normalized spacial score (nSPS) is 14.9. The average Bonchev–Trinajstić information content (AvgIpc) is 2.99. The first kappa shape index (κ1) is 16.3. The number of hydrogen-bond acceptors (Lipinski definition) is 4. The van der Waals surface area contributed by atoms with Crippen LogP contribution in [0.15, 0.2) is 70.5 Å². The highest BCUT2D eigenvalue weighted by atomic mass is 32.2. The molecule has 24 heavy (non-hydrogen) atoms. The van der Waals surface area contributed by atoms with Gasteiger partial charge in [-0.05, 0) is 22.7 Å². The second-order valence-corrected chi connectivity index (χ2v) is 6.67. The first-order valence-corrected chi connectivity index (χ1v) is 8.66. The van der Waals surface area contributed by atoms with Gasteiger partial charge < -0.3 is 10.0 Å². The van der Waals surface area contributed by atoms with Gasteiger partial charge in [-0.2, -0.15) is 0 Å². The predicted octanol–water partition coefficient (Wildman–Crippen LogP) is 3.88. The first-order valence-electron chi connectivity index (χ1n) is 7.68. The van der Waals surface area contributed by atoms with Crippen LogP contribution in [0.4, 0.5) is 5.69 Å². The van der Waals surface area contributed by atoms with Gasteiger partial charge in [-0.15, -0.1) is 11.8 Å². The summed E-state index contributed by atoms with van der Waals surface area (Å²) in [5.41, 5.74) is 3.65. The monoisotopic (exact) mass is 338 g/mol. The maximum atomic E-state index is 9.37. The van der Waals surface area contributed by atoms with E-state index >= 15 is 0 Å². The van der Waals surface area contributed by atoms with Gasteiger partial charge in [-0.25, -0.2) is 4.58 Å². The molecule has 0 atom stereocenters. The third kappa shape index (κ3) is 3.86. The number of aliphatic hydroxyl groups excluding tert-OH is 1. The van der Waals surface area contributed by atoms with E-state index in [4.69, 9.17) is 0 Å². The molecule has 1 aliphatic heterocycles. The molecule has 0 bridgehead atoms. The van der Waals surface area contributed by atoms with Crippen molar-refractivity contribution in [1.82, 2.24) is 0 Å². The van der Waals surface area contributed by atoms with Crippen molar-refractivity contribution in [1.29, 1.82) is 0 Å². The molecule has 0 saturated carbocycles.